The number of fused-ring (bicyclic) bond motifs is 1. The van der Waals surface area contributed by atoms with E-state index < -0.39 is 6.09 Å². The molecule has 1 saturated heterocycles. The Morgan fingerprint density at radius 2 is 2.04 bits per heavy atom. The zero-order valence-corrected chi connectivity index (χ0v) is 14.9. The van der Waals surface area contributed by atoms with Gasteiger partial charge in [0, 0.05) is 18.5 Å². The van der Waals surface area contributed by atoms with Gasteiger partial charge in [-0.2, -0.15) is 0 Å². The van der Waals surface area contributed by atoms with E-state index in [-0.39, 0.29) is 11.8 Å². The van der Waals surface area contributed by atoms with Crippen LogP contribution in [-0.2, 0) is 0 Å². The van der Waals surface area contributed by atoms with Crippen molar-refractivity contribution >= 4 is 22.8 Å². The molecule has 7 heteroatoms. The SMILES string of the molecule is Cc1ccc2c(N3CC[C@H](NC(=O)O)C3)nc(-c3ccccc3O)nc2c1. The molecule has 27 heavy (non-hydrogen) atoms. The molecule has 0 saturated carbocycles. The summed E-state index contributed by atoms with van der Waals surface area (Å²) in [5.74, 6) is 1.34. The van der Waals surface area contributed by atoms with Gasteiger partial charge in [-0.3, -0.25) is 0 Å². The summed E-state index contributed by atoms with van der Waals surface area (Å²) in [5.41, 5.74) is 2.46. The van der Waals surface area contributed by atoms with Crippen LogP contribution in [0.2, 0.25) is 0 Å². The Balaban J connectivity index is 1.82. The highest BCUT2D eigenvalue weighted by Gasteiger charge is 2.27. The zero-order chi connectivity index (χ0) is 19.0. The van der Waals surface area contributed by atoms with Crippen LogP contribution in [0, 0.1) is 6.92 Å². The number of aryl methyl sites for hydroxylation is 1. The fraction of sp³-hybridized carbons (Fsp3) is 0.250. The number of amides is 1. The molecule has 138 valence electrons. The first-order valence-corrected chi connectivity index (χ1v) is 8.82. The number of nitrogens with one attached hydrogen (secondary N) is 1. The van der Waals surface area contributed by atoms with E-state index in [9.17, 15) is 9.90 Å². The highest BCUT2D eigenvalue weighted by Crippen LogP contribution is 2.33. The Morgan fingerprint density at radius 3 is 2.81 bits per heavy atom. The smallest absolute Gasteiger partial charge is 0.404 e. The van der Waals surface area contributed by atoms with Crippen LogP contribution in [0.5, 0.6) is 5.75 Å². The number of carbonyl (C=O) groups is 1. The van der Waals surface area contributed by atoms with Crippen LogP contribution in [0.25, 0.3) is 22.3 Å². The molecular formula is C20H20N4O3. The molecule has 2 heterocycles. The number of rotatable bonds is 3. The number of benzene rings is 2. The monoisotopic (exact) mass is 364 g/mol. The molecule has 7 nitrogen and oxygen atoms in total. The van der Waals surface area contributed by atoms with Crippen LogP contribution in [0.4, 0.5) is 10.6 Å². The maximum atomic E-state index is 10.9. The van der Waals surface area contributed by atoms with Crippen LogP contribution < -0.4 is 10.2 Å². The van der Waals surface area contributed by atoms with Crippen molar-refractivity contribution in [1.29, 1.82) is 0 Å². The molecule has 0 aliphatic carbocycles. The normalized spacial score (nSPS) is 16.6. The van der Waals surface area contributed by atoms with Crippen molar-refractivity contribution in [3.05, 3.63) is 48.0 Å². The Labute approximate surface area is 156 Å². The van der Waals surface area contributed by atoms with Gasteiger partial charge < -0.3 is 20.4 Å². The number of aromatic hydroxyl groups is 1. The third-order valence-electron chi connectivity index (χ3n) is 4.79. The first kappa shape index (κ1) is 17.1. The summed E-state index contributed by atoms with van der Waals surface area (Å²) in [4.78, 5) is 22.4. The topological polar surface area (TPSA) is 98.6 Å². The Morgan fingerprint density at radius 1 is 1.22 bits per heavy atom. The molecule has 2 aromatic carbocycles. The van der Waals surface area contributed by atoms with Crippen molar-refractivity contribution in [3.63, 3.8) is 0 Å². The molecule has 1 aromatic heterocycles. The van der Waals surface area contributed by atoms with Crippen LogP contribution in [0.15, 0.2) is 42.5 Å². The van der Waals surface area contributed by atoms with Crippen LogP contribution in [-0.4, -0.2) is 45.4 Å². The third kappa shape index (κ3) is 3.36. The molecule has 3 N–H and O–H groups in total. The lowest BCUT2D eigenvalue weighted by Gasteiger charge is -2.20. The summed E-state index contributed by atoms with van der Waals surface area (Å²) in [6.07, 6.45) is -0.296. The van der Waals surface area contributed by atoms with Gasteiger partial charge in [0.05, 0.1) is 17.1 Å². The summed E-state index contributed by atoms with van der Waals surface area (Å²) in [6.45, 7) is 3.25. The van der Waals surface area contributed by atoms with Gasteiger partial charge in [-0.15, -0.1) is 0 Å². The van der Waals surface area contributed by atoms with Crippen molar-refractivity contribution < 1.29 is 15.0 Å². The van der Waals surface area contributed by atoms with E-state index >= 15 is 0 Å². The minimum atomic E-state index is -1.01. The number of phenolic OH excluding ortho intramolecular Hbond substituents is 1. The fourth-order valence-electron chi connectivity index (χ4n) is 3.49. The molecule has 1 aliphatic rings. The maximum Gasteiger partial charge on any atom is 0.404 e. The summed E-state index contributed by atoms with van der Waals surface area (Å²) in [6, 6.07) is 12.9. The van der Waals surface area contributed by atoms with Crippen LogP contribution in [0.3, 0.4) is 0 Å². The maximum absolute atomic E-state index is 10.9. The van der Waals surface area contributed by atoms with Crippen LogP contribution in [0.1, 0.15) is 12.0 Å². The lowest BCUT2D eigenvalue weighted by Crippen LogP contribution is -2.36. The number of nitrogens with zero attached hydrogens (tertiary/aromatic N) is 3. The number of para-hydroxylation sites is 1. The van der Waals surface area contributed by atoms with Crippen molar-refractivity contribution in [1.82, 2.24) is 15.3 Å². The van der Waals surface area contributed by atoms with Crippen LogP contribution >= 0.6 is 0 Å². The van der Waals surface area contributed by atoms with E-state index in [0.29, 0.717) is 24.5 Å². The minimum absolute atomic E-state index is 0.127. The standard InChI is InChI=1S/C20H20N4O3/c1-12-6-7-14-16(10-12)22-18(15-4-2-3-5-17(15)25)23-19(14)24-9-8-13(11-24)21-20(26)27/h2-7,10,13,21,25H,8-9,11H2,1H3,(H,26,27)/t13-/m0/s1. The van der Waals surface area contributed by atoms with E-state index in [2.05, 4.69) is 15.2 Å². The molecule has 0 bridgehead atoms. The second-order valence-electron chi connectivity index (χ2n) is 6.79. The molecule has 1 atom stereocenters. The number of phenols is 1. The summed E-state index contributed by atoms with van der Waals surface area (Å²) in [7, 11) is 0. The predicted molar refractivity (Wildman–Crippen MR) is 103 cm³/mol. The number of aromatic nitrogens is 2. The molecule has 1 aliphatic heterocycles. The zero-order valence-electron chi connectivity index (χ0n) is 14.9. The number of anilines is 1. The second kappa shape index (κ2) is 6.75. The van der Waals surface area contributed by atoms with Gasteiger partial charge in [-0.05, 0) is 43.2 Å². The second-order valence-corrected chi connectivity index (χ2v) is 6.79. The van der Waals surface area contributed by atoms with E-state index in [1.807, 2.05) is 31.2 Å². The van der Waals surface area contributed by atoms with E-state index in [1.165, 1.54) is 0 Å². The van der Waals surface area contributed by atoms with Gasteiger partial charge >= 0.3 is 6.09 Å². The van der Waals surface area contributed by atoms with Crippen molar-refractivity contribution in [2.24, 2.45) is 0 Å². The van der Waals surface area contributed by atoms with Gasteiger partial charge in [0.15, 0.2) is 5.82 Å². The highest BCUT2D eigenvalue weighted by atomic mass is 16.4. The Kier molecular flexibility index (Phi) is 4.27. The van der Waals surface area contributed by atoms with Gasteiger partial charge in [-0.1, -0.05) is 18.2 Å². The molecule has 0 spiro atoms. The summed E-state index contributed by atoms with van der Waals surface area (Å²) in [5, 5.41) is 22.7. The molecule has 3 aromatic rings. The first-order valence-electron chi connectivity index (χ1n) is 8.82. The summed E-state index contributed by atoms with van der Waals surface area (Å²) < 4.78 is 0. The minimum Gasteiger partial charge on any atom is -0.507 e. The molecule has 4 rings (SSSR count). The average Bonchev–Trinajstić information content (AvgIpc) is 3.08. The van der Waals surface area contributed by atoms with Gasteiger partial charge in [-0.25, -0.2) is 14.8 Å². The lowest BCUT2D eigenvalue weighted by atomic mass is 10.1. The highest BCUT2D eigenvalue weighted by molar-refractivity contribution is 5.92. The third-order valence-corrected chi connectivity index (χ3v) is 4.79. The molecule has 1 amide bonds. The number of carboxylic acid groups (broad SMARTS) is 1. The first-order chi connectivity index (χ1) is 13.0. The average molecular weight is 364 g/mol. The van der Waals surface area contributed by atoms with Gasteiger partial charge in [0.1, 0.15) is 11.6 Å². The predicted octanol–water partition coefficient (Wildman–Crippen LogP) is 3.16. The lowest BCUT2D eigenvalue weighted by molar-refractivity contribution is 0.191. The molecule has 0 radical (unpaired) electrons. The molecular weight excluding hydrogens is 344 g/mol. The Bertz CT molecular complexity index is 1020. The number of hydrogen-bond donors (Lipinski definition) is 3. The largest absolute Gasteiger partial charge is 0.507 e. The molecule has 1 fully saturated rings. The number of hydrogen-bond acceptors (Lipinski definition) is 5. The quantitative estimate of drug-likeness (QED) is 0.660. The van der Waals surface area contributed by atoms with E-state index in [4.69, 9.17) is 10.1 Å². The Hall–Kier alpha value is -3.35. The molecule has 0 unspecified atom stereocenters. The van der Waals surface area contributed by atoms with E-state index in [0.717, 1.165) is 28.7 Å². The van der Waals surface area contributed by atoms with Crippen molar-refractivity contribution in [3.8, 4) is 17.1 Å². The van der Waals surface area contributed by atoms with Gasteiger partial charge in [0.2, 0.25) is 0 Å². The fourth-order valence-corrected chi connectivity index (χ4v) is 3.49. The van der Waals surface area contributed by atoms with Gasteiger partial charge in [0.25, 0.3) is 0 Å². The van der Waals surface area contributed by atoms with E-state index in [1.54, 1.807) is 18.2 Å². The van der Waals surface area contributed by atoms with Crippen molar-refractivity contribution in [2.45, 2.75) is 19.4 Å². The summed E-state index contributed by atoms with van der Waals surface area (Å²) >= 11 is 0. The van der Waals surface area contributed by atoms with Crippen molar-refractivity contribution in [2.75, 3.05) is 18.0 Å².